The second-order valence-corrected chi connectivity index (χ2v) is 6.84. The van der Waals surface area contributed by atoms with Gasteiger partial charge in [-0.25, -0.2) is 0 Å². The van der Waals surface area contributed by atoms with Crippen molar-refractivity contribution in [1.82, 2.24) is 19.9 Å². The van der Waals surface area contributed by atoms with Crippen LogP contribution >= 0.6 is 11.3 Å². The van der Waals surface area contributed by atoms with Gasteiger partial charge in [-0.15, -0.1) is 10.2 Å². The predicted molar refractivity (Wildman–Crippen MR) is 108 cm³/mol. The number of hydrogen-bond acceptors (Lipinski definition) is 5. The van der Waals surface area contributed by atoms with Gasteiger partial charge in [0.1, 0.15) is 5.82 Å². The van der Waals surface area contributed by atoms with Crippen LogP contribution in [0.2, 0.25) is 0 Å². The summed E-state index contributed by atoms with van der Waals surface area (Å²) in [5, 5.41) is 17.5. The fraction of sp³-hybridized carbons (Fsp3) is 0.100. The summed E-state index contributed by atoms with van der Waals surface area (Å²) in [6, 6.07) is 14.4. The summed E-state index contributed by atoms with van der Waals surface area (Å²) in [5.41, 5.74) is 2.23. The quantitative estimate of drug-likeness (QED) is 0.529. The molecule has 0 fully saturated rings. The Morgan fingerprint density at radius 1 is 1.00 bits per heavy atom. The molecule has 8 heteroatoms. The molecule has 0 saturated heterocycles. The lowest BCUT2D eigenvalue weighted by molar-refractivity contribution is 0.0955. The van der Waals surface area contributed by atoms with Crippen molar-refractivity contribution in [3.63, 3.8) is 0 Å². The number of nitrogens with zero attached hydrogens (tertiary/aromatic N) is 3. The van der Waals surface area contributed by atoms with Crippen molar-refractivity contribution in [1.29, 1.82) is 0 Å². The number of hydrogen-bond donors (Lipinski definition) is 2. The van der Waals surface area contributed by atoms with Crippen LogP contribution in [0.5, 0.6) is 0 Å². The van der Waals surface area contributed by atoms with Gasteiger partial charge in [0.05, 0.1) is 16.8 Å². The van der Waals surface area contributed by atoms with E-state index in [2.05, 4.69) is 20.8 Å². The molecule has 28 heavy (non-hydrogen) atoms. The molecule has 2 amide bonds. The normalized spacial score (nSPS) is 10.7. The van der Waals surface area contributed by atoms with Gasteiger partial charge in [-0.05, 0) is 35.7 Å². The topological polar surface area (TPSA) is 88.4 Å². The molecule has 3 aromatic heterocycles. The molecule has 0 spiro atoms. The summed E-state index contributed by atoms with van der Waals surface area (Å²) in [6.07, 6.45) is 2.43. The zero-order chi connectivity index (χ0) is 19.3. The summed E-state index contributed by atoms with van der Waals surface area (Å²) in [7, 11) is 0. The number of anilines is 1. The summed E-state index contributed by atoms with van der Waals surface area (Å²) in [5.74, 6) is 0.279. The van der Waals surface area contributed by atoms with Gasteiger partial charge in [0.2, 0.25) is 0 Å². The molecule has 4 aromatic rings. The minimum Gasteiger partial charge on any atom is -0.352 e. The number of pyridine rings is 1. The molecule has 4 rings (SSSR count). The zero-order valence-electron chi connectivity index (χ0n) is 14.8. The first kappa shape index (κ1) is 17.9. The maximum atomic E-state index is 12.6. The maximum absolute atomic E-state index is 12.6. The smallest absolute Gasteiger partial charge is 0.256 e. The Bertz CT molecular complexity index is 1120. The Morgan fingerprint density at radius 3 is 2.71 bits per heavy atom. The number of carbonyl (C=O) groups is 2. The lowest BCUT2D eigenvalue weighted by Gasteiger charge is -2.11. The van der Waals surface area contributed by atoms with Crippen LogP contribution < -0.4 is 10.6 Å². The standard InChI is InChI=1S/C20H17N5O2S/c26-19(14-9-12-28-13-14)22-16-6-2-1-5-15(16)20(27)21-10-8-18-24-23-17-7-3-4-11-25(17)18/h1-7,9,11-13H,8,10H2,(H,21,27)(H,22,26). The van der Waals surface area contributed by atoms with E-state index in [4.69, 9.17) is 0 Å². The van der Waals surface area contributed by atoms with Gasteiger partial charge in [-0.3, -0.25) is 14.0 Å². The van der Waals surface area contributed by atoms with Crippen LogP contribution in [0, 0.1) is 0 Å². The van der Waals surface area contributed by atoms with Crippen molar-refractivity contribution in [3.05, 3.63) is 82.4 Å². The Balaban J connectivity index is 1.41. The molecular formula is C20H17N5O2S. The molecule has 0 aliphatic rings. The van der Waals surface area contributed by atoms with Gasteiger partial charge in [0, 0.05) is 24.5 Å². The molecule has 7 nitrogen and oxygen atoms in total. The summed E-state index contributed by atoms with van der Waals surface area (Å²) in [6.45, 7) is 0.404. The molecule has 0 bridgehead atoms. The number of nitrogens with one attached hydrogen (secondary N) is 2. The highest BCUT2D eigenvalue weighted by atomic mass is 32.1. The van der Waals surface area contributed by atoms with E-state index in [0.717, 1.165) is 11.5 Å². The van der Waals surface area contributed by atoms with E-state index in [0.29, 0.717) is 29.8 Å². The molecule has 0 aliphatic heterocycles. The van der Waals surface area contributed by atoms with E-state index in [1.54, 1.807) is 35.7 Å². The number of para-hydroxylation sites is 1. The van der Waals surface area contributed by atoms with Gasteiger partial charge >= 0.3 is 0 Å². The highest BCUT2D eigenvalue weighted by Gasteiger charge is 2.14. The average molecular weight is 391 g/mol. The molecule has 0 saturated carbocycles. The second kappa shape index (κ2) is 8.01. The highest BCUT2D eigenvalue weighted by Crippen LogP contribution is 2.17. The van der Waals surface area contributed by atoms with E-state index in [9.17, 15) is 9.59 Å². The van der Waals surface area contributed by atoms with E-state index in [1.807, 2.05) is 34.2 Å². The number of fused-ring (bicyclic) bond motifs is 1. The molecular weight excluding hydrogens is 374 g/mol. The Hall–Kier alpha value is -3.52. The lowest BCUT2D eigenvalue weighted by Crippen LogP contribution is -2.27. The minimum absolute atomic E-state index is 0.239. The molecule has 140 valence electrons. The third-order valence-electron chi connectivity index (χ3n) is 4.22. The fourth-order valence-corrected chi connectivity index (χ4v) is 3.46. The molecule has 0 radical (unpaired) electrons. The largest absolute Gasteiger partial charge is 0.352 e. The average Bonchev–Trinajstić information content (AvgIpc) is 3.39. The first-order chi connectivity index (χ1) is 13.7. The lowest BCUT2D eigenvalue weighted by atomic mass is 10.1. The molecule has 0 aliphatic carbocycles. The van der Waals surface area contributed by atoms with Crippen LogP contribution in [0.15, 0.2) is 65.5 Å². The number of amides is 2. The minimum atomic E-state index is -0.255. The van der Waals surface area contributed by atoms with E-state index in [-0.39, 0.29) is 11.8 Å². The first-order valence-corrected chi connectivity index (χ1v) is 9.66. The van der Waals surface area contributed by atoms with Crippen LogP contribution in [-0.4, -0.2) is 33.0 Å². The van der Waals surface area contributed by atoms with Gasteiger partial charge in [0.15, 0.2) is 5.65 Å². The first-order valence-electron chi connectivity index (χ1n) is 8.72. The zero-order valence-corrected chi connectivity index (χ0v) is 15.6. The number of aromatic nitrogens is 3. The molecule has 0 atom stereocenters. The third kappa shape index (κ3) is 3.77. The van der Waals surface area contributed by atoms with E-state index in [1.165, 1.54) is 11.3 Å². The van der Waals surface area contributed by atoms with Crippen molar-refractivity contribution < 1.29 is 9.59 Å². The van der Waals surface area contributed by atoms with Crippen molar-refractivity contribution in [3.8, 4) is 0 Å². The molecule has 1 aromatic carbocycles. The SMILES string of the molecule is O=C(Nc1ccccc1C(=O)NCCc1nnc2ccccn12)c1ccsc1. The number of rotatable bonds is 6. The highest BCUT2D eigenvalue weighted by molar-refractivity contribution is 7.08. The van der Waals surface area contributed by atoms with Gasteiger partial charge in [0.25, 0.3) is 11.8 Å². The number of carbonyl (C=O) groups excluding carboxylic acids is 2. The van der Waals surface area contributed by atoms with Gasteiger partial charge in [-0.1, -0.05) is 18.2 Å². The van der Waals surface area contributed by atoms with Crippen molar-refractivity contribution >= 4 is 34.5 Å². The van der Waals surface area contributed by atoms with E-state index >= 15 is 0 Å². The van der Waals surface area contributed by atoms with Gasteiger partial charge < -0.3 is 10.6 Å². The fourth-order valence-electron chi connectivity index (χ4n) is 2.82. The molecule has 3 heterocycles. The van der Waals surface area contributed by atoms with Crippen LogP contribution in [0.3, 0.4) is 0 Å². The van der Waals surface area contributed by atoms with Crippen LogP contribution in [0.4, 0.5) is 5.69 Å². The van der Waals surface area contributed by atoms with Gasteiger partial charge in [-0.2, -0.15) is 11.3 Å². The van der Waals surface area contributed by atoms with Crippen molar-refractivity contribution in [2.24, 2.45) is 0 Å². The summed E-state index contributed by atoms with van der Waals surface area (Å²) >= 11 is 1.45. The molecule has 2 N–H and O–H groups in total. The summed E-state index contributed by atoms with van der Waals surface area (Å²) < 4.78 is 1.89. The third-order valence-corrected chi connectivity index (χ3v) is 4.90. The Labute approximate surface area is 165 Å². The van der Waals surface area contributed by atoms with Crippen LogP contribution in [-0.2, 0) is 6.42 Å². The molecule has 0 unspecified atom stereocenters. The Morgan fingerprint density at radius 2 is 1.86 bits per heavy atom. The Kier molecular flexibility index (Phi) is 5.11. The monoisotopic (exact) mass is 391 g/mol. The van der Waals surface area contributed by atoms with Crippen molar-refractivity contribution in [2.45, 2.75) is 6.42 Å². The van der Waals surface area contributed by atoms with Crippen LogP contribution in [0.25, 0.3) is 5.65 Å². The summed E-state index contributed by atoms with van der Waals surface area (Å²) in [4.78, 5) is 24.9. The van der Waals surface area contributed by atoms with Crippen LogP contribution in [0.1, 0.15) is 26.5 Å². The number of thiophene rings is 1. The number of benzene rings is 1. The maximum Gasteiger partial charge on any atom is 0.256 e. The van der Waals surface area contributed by atoms with E-state index < -0.39 is 0 Å². The van der Waals surface area contributed by atoms with Crippen molar-refractivity contribution in [2.75, 3.05) is 11.9 Å². The second-order valence-electron chi connectivity index (χ2n) is 6.06. The predicted octanol–water partition coefficient (Wildman–Crippen LogP) is 3.02.